The lowest BCUT2D eigenvalue weighted by Gasteiger charge is -2.37. The van der Waals surface area contributed by atoms with Crippen LogP contribution in [-0.4, -0.2) is 77.2 Å². The summed E-state index contributed by atoms with van der Waals surface area (Å²) in [5.74, 6) is 0.0445. The minimum Gasteiger partial charge on any atom is -0.328 e. The SMILES string of the molecule is NC1CCN(CC2CCN(Cc3cccc4c3CN(C3CCC(=O)NC3=O)C4=O)CC2)CC1. The number of fused-ring (bicyclic) bond motifs is 1. The molecule has 8 nitrogen and oxygen atoms in total. The zero-order valence-corrected chi connectivity index (χ0v) is 19.3. The van der Waals surface area contributed by atoms with Crippen LogP contribution in [0.2, 0.25) is 0 Å². The molecule has 0 aliphatic carbocycles. The van der Waals surface area contributed by atoms with E-state index in [2.05, 4.69) is 21.2 Å². The quantitative estimate of drug-likeness (QED) is 0.648. The third kappa shape index (κ3) is 4.83. The van der Waals surface area contributed by atoms with Crippen LogP contribution in [0.3, 0.4) is 0 Å². The first-order valence-electron chi connectivity index (χ1n) is 12.4. The molecule has 1 unspecified atom stereocenters. The molecule has 5 rings (SSSR count). The van der Waals surface area contributed by atoms with Crippen molar-refractivity contribution in [2.45, 2.75) is 63.7 Å². The smallest absolute Gasteiger partial charge is 0.255 e. The molecule has 1 aromatic carbocycles. The Labute approximate surface area is 195 Å². The van der Waals surface area contributed by atoms with Gasteiger partial charge in [-0.05, 0) is 81.4 Å². The fourth-order valence-electron chi connectivity index (χ4n) is 5.87. The van der Waals surface area contributed by atoms with Gasteiger partial charge in [-0.25, -0.2) is 0 Å². The summed E-state index contributed by atoms with van der Waals surface area (Å²) >= 11 is 0. The molecule has 8 heteroatoms. The largest absolute Gasteiger partial charge is 0.328 e. The molecular formula is C25H35N5O3. The standard InChI is InChI=1S/C25H35N5O3/c26-19-8-12-28(13-9-19)14-17-6-10-29(11-7-17)15-18-2-1-3-20-21(18)16-30(25(20)33)22-4-5-23(31)27-24(22)32/h1-3,17,19,22H,4-16,26H2,(H,27,31,32). The van der Waals surface area contributed by atoms with Crippen molar-refractivity contribution in [2.24, 2.45) is 11.7 Å². The van der Waals surface area contributed by atoms with Gasteiger partial charge in [0.2, 0.25) is 11.8 Å². The number of nitrogens with two attached hydrogens (primary N) is 1. The topological polar surface area (TPSA) is 99.0 Å². The van der Waals surface area contributed by atoms with Crippen LogP contribution in [0.1, 0.15) is 60.0 Å². The van der Waals surface area contributed by atoms with E-state index in [0.29, 0.717) is 24.6 Å². The molecule has 3 saturated heterocycles. The summed E-state index contributed by atoms with van der Waals surface area (Å²) in [4.78, 5) is 43.6. The molecule has 3 amide bonds. The van der Waals surface area contributed by atoms with Gasteiger partial charge < -0.3 is 15.5 Å². The molecule has 0 bridgehead atoms. The van der Waals surface area contributed by atoms with Crippen LogP contribution in [0.5, 0.6) is 0 Å². The summed E-state index contributed by atoms with van der Waals surface area (Å²) in [5, 5.41) is 2.38. The van der Waals surface area contributed by atoms with Crippen molar-refractivity contribution in [3.05, 3.63) is 34.9 Å². The van der Waals surface area contributed by atoms with Gasteiger partial charge in [0.05, 0.1) is 0 Å². The van der Waals surface area contributed by atoms with Crippen LogP contribution in [0.25, 0.3) is 0 Å². The number of carbonyl (C=O) groups excluding carboxylic acids is 3. The van der Waals surface area contributed by atoms with Crippen molar-refractivity contribution in [1.82, 2.24) is 20.0 Å². The molecule has 33 heavy (non-hydrogen) atoms. The fourth-order valence-corrected chi connectivity index (χ4v) is 5.87. The molecule has 4 aliphatic rings. The van der Waals surface area contributed by atoms with E-state index >= 15 is 0 Å². The zero-order valence-electron chi connectivity index (χ0n) is 19.3. The lowest BCUT2D eigenvalue weighted by Crippen LogP contribution is -2.52. The molecule has 178 valence electrons. The highest BCUT2D eigenvalue weighted by Gasteiger charge is 2.40. The first-order chi connectivity index (χ1) is 16.0. The minimum absolute atomic E-state index is 0.0960. The molecular weight excluding hydrogens is 418 g/mol. The number of piperidine rings is 3. The van der Waals surface area contributed by atoms with E-state index in [1.807, 2.05) is 12.1 Å². The van der Waals surface area contributed by atoms with E-state index in [-0.39, 0.29) is 24.1 Å². The molecule has 1 atom stereocenters. The van der Waals surface area contributed by atoms with Crippen molar-refractivity contribution >= 4 is 17.7 Å². The predicted molar refractivity (Wildman–Crippen MR) is 124 cm³/mol. The average Bonchev–Trinajstić information content (AvgIpc) is 3.14. The van der Waals surface area contributed by atoms with Crippen molar-refractivity contribution in [1.29, 1.82) is 0 Å². The summed E-state index contributed by atoms with van der Waals surface area (Å²) in [7, 11) is 0. The molecule has 0 aromatic heterocycles. The Balaban J connectivity index is 1.18. The molecule has 3 fully saturated rings. The Bertz CT molecular complexity index is 919. The van der Waals surface area contributed by atoms with Crippen molar-refractivity contribution in [2.75, 3.05) is 32.7 Å². The van der Waals surface area contributed by atoms with E-state index in [4.69, 9.17) is 5.73 Å². The van der Waals surface area contributed by atoms with Gasteiger partial charge in [-0.1, -0.05) is 12.1 Å². The first-order valence-corrected chi connectivity index (χ1v) is 12.4. The van der Waals surface area contributed by atoms with Gasteiger partial charge in [-0.15, -0.1) is 0 Å². The second kappa shape index (κ2) is 9.52. The number of amides is 3. The average molecular weight is 454 g/mol. The summed E-state index contributed by atoms with van der Waals surface area (Å²) in [6.45, 7) is 6.90. The number of hydrogen-bond donors (Lipinski definition) is 2. The number of rotatable bonds is 5. The van der Waals surface area contributed by atoms with Crippen molar-refractivity contribution in [3.8, 4) is 0 Å². The highest BCUT2D eigenvalue weighted by Crippen LogP contribution is 2.31. The Morgan fingerprint density at radius 3 is 2.39 bits per heavy atom. The van der Waals surface area contributed by atoms with Crippen LogP contribution in [0, 0.1) is 5.92 Å². The van der Waals surface area contributed by atoms with Gasteiger partial charge >= 0.3 is 0 Å². The number of nitrogens with zero attached hydrogens (tertiary/aromatic N) is 3. The van der Waals surface area contributed by atoms with Crippen molar-refractivity contribution in [3.63, 3.8) is 0 Å². The Morgan fingerprint density at radius 1 is 0.939 bits per heavy atom. The molecule has 1 aromatic rings. The van der Waals surface area contributed by atoms with Gasteiger partial charge in [0.15, 0.2) is 0 Å². The van der Waals surface area contributed by atoms with E-state index in [1.54, 1.807) is 4.90 Å². The number of nitrogens with one attached hydrogen (secondary N) is 1. The molecule has 4 heterocycles. The maximum atomic E-state index is 13.1. The van der Waals surface area contributed by atoms with Crippen molar-refractivity contribution < 1.29 is 14.4 Å². The predicted octanol–water partition coefficient (Wildman–Crippen LogP) is 1.08. The van der Waals surface area contributed by atoms with E-state index in [9.17, 15) is 14.4 Å². The van der Waals surface area contributed by atoms with Crippen LogP contribution in [0.15, 0.2) is 18.2 Å². The number of benzene rings is 1. The Kier molecular flexibility index (Phi) is 6.49. The second-order valence-electron chi connectivity index (χ2n) is 10.2. The molecule has 0 spiro atoms. The highest BCUT2D eigenvalue weighted by atomic mass is 16.2. The minimum atomic E-state index is -0.560. The second-order valence-corrected chi connectivity index (χ2v) is 10.2. The van der Waals surface area contributed by atoms with Gasteiger partial charge in [-0.3, -0.25) is 24.6 Å². The maximum Gasteiger partial charge on any atom is 0.255 e. The monoisotopic (exact) mass is 453 g/mol. The van der Waals surface area contributed by atoms with Crippen LogP contribution in [0.4, 0.5) is 0 Å². The van der Waals surface area contributed by atoms with Crippen LogP contribution < -0.4 is 11.1 Å². The lowest BCUT2D eigenvalue weighted by molar-refractivity contribution is -0.136. The van der Waals surface area contributed by atoms with Gasteiger partial charge in [0.1, 0.15) is 6.04 Å². The molecule has 0 saturated carbocycles. The number of carbonyl (C=O) groups is 3. The third-order valence-corrected chi connectivity index (χ3v) is 7.93. The highest BCUT2D eigenvalue weighted by molar-refractivity contribution is 6.05. The van der Waals surface area contributed by atoms with Gasteiger partial charge in [-0.2, -0.15) is 0 Å². The molecule has 0 radical (unpaired) electrons. The summed E-state index contributed by atoms with van der Waals surface area (Å²) in [6.07, 6.45) is 5.33. The fraction of sp³-hybridized carbons (Fsp3) is 0.640. The summed E-state index contributed by atoms with van der Waals surface area (Å²) in [5.41, 5.74) is 8.97. The van der Waals surface area contributed by atoms with Gasteiger partial charge in [0.25, 0.3) is 5.91 Å². The Hall–Kier alpha value is -2.29. The zero-order chi connectivity index (χ0) is 22.9. The van der Waals surface area contributed by atoms with Crippen LogP contribution >= 0.6 is 0 Å². The first kappa shape index (κ1) is 22.5. The van der Waals surface area contributed by atoms with Crippen LogP contribution in [-0.2, 0) is 22.7 Å². The Morgan fingerprint density at radius 2 is 1.67 bits per heavy atom. The van der Waals surface area contributed by atoms with E-state index in [1.165, 1.54) is 24.9 Å². The molecule has 3 N–H and O–H groups in total. The summed E-state index contributed by atoms with van der Waals surface area (Å²) < 4.78 is 0. The van der Waals surface area contributed by atoms with E-state index in [0.717, 1.165) is 57.0 Å². The summed E-state index contributed by atoms with van der Waals surface area (Å²) in [6, 6.07) is 5.75. The number of hydrogen-bond acceptors (Lipinski definition) is 6. The number of likely N-dealkylation sites (tertiary alicyclic amines) is 2. The van der Waals surface area contributed by atoms with E-state index < -0.39 is 6.04 Å². The number of imide groups is 1. The maximum absolute atomic E-state index is 13.1. The lowest BCUT2D eigenvalue weighted by atomic mass is 9.94. The van der Waals surface area contributed by atoms with Gasteiger partial charge in [0, 0.05) is 37.7 Å². The normalized spacial score (nSPS) is 26.0. The molecule has 4 aliphatic heterocycles. The third-order valence-electron chi connectivity index (χ3n) is 7.93.